The van der Waals surface area contributed by atoms with E-state index in [1.807, 2.05) is 36.4 Å². The summed E-state index contributed by atoms with van der Waals surface area (Å²) in [6, 6.07) is 14.7. The minimum Gasteiger partial charge on any atom is -0.365 e. The van der Waals surface area contributed by atoms with E-state index in [1.54, 1.807) is 30.7 Å². The van der Waals surface area contributed by atoms with Crippen molar-refractivity contribution in [2.24, 2.45) is 4.99 Å². The van der Waals surface area contributed by atoms with Crippen LogP contribution in [0.4, 0.5) is 0 Å². The third-order valence-electron chi connectivity index (χ3n) is 3.01. The zero-order valence-electron chi connectivity index (χ0n) is 11.2. The molecule has 21 heavy (non-hydrogen) atoms. The van der Waals surface area contributed by atoms with E-state index in [2.05, 4.69) is 20.6 Å². The maximum atomic E-state index is 12.0. The Balaban J connectivity index is 1.63. The van der Waals surface area contributed by atoms with Gasteiger partial charge in [-0.25, -0.2) is 0 Å². The lowest BCUT2D eigenvalue weighted by atomic mass is 10.2. The Bertz CT molecular complexity index is 680. The Morgan fingerprint density at radius 1 is 1.10 bits per heavy atom. The number of hydrogen-bond acceptors (Lipinski definition) is 4. The first kappa shape index (κ1) is 13.1. The summed E-state index contributed by atoms with van der Waals surface area (Å²) in [4.78, 5) is 20.6. The molecule has 3 rings (SSSR count). The number of rotatable bonds is 3. The summed E-state index contributed by atoms with van der Waals surface area (Å²) in [6.45, 7) is 0. The molecule has 0 aliphatic carbocycles. The molecule has 1 aliphatic heterocycles. The zero-order valence-corrected chi connectivity index (χ0v) is 11.2. The number of nitrogens with one attached hydrogen (secondary N) is 2. The molecule has 0 radical (unpaired) electrons. The van der Waals surface area contributed by atoms with E-state index >= 15 is 0 Å². The molecule has 1 aliphatic rings. The Morgan fingerprint density at radius 2 is 1.90 bits per heavy atom. The summed E-state index contributed by atoms with van der Waals surface area (Å²) >= 11 is 0. The number of nitrogens with zero attached hydrogens (tertiary/aromatic N) is 2. The maximum absolute atomic E-state index is 12.0. The Kier molecular flexibility index (Phi) is 3.73. The lowest BCUT2D eigenvalue weighted by Gasteiger charge is -2.19. The summed E-state index contributed by atoms with van der Waals surface area (Å²) in [7, 11) is 0. The van der Waals surface area contributed by atoms with Crippen LogP contribution in [0.2, 0.25) is 0 Å². The van der Waals surface area contributed by atoms with Gasteiger partial charge in [0.15, 0.2) is 0 Å². The molecule has 0 bridgehead atoms. The van der Waals surface area contributed by atoms with Gasteiger partial charge in [0.1, 0.15) is 11.9 Å². The lowest BCUT2D eigenvalue weighted by Crippen LogP contribution is -2.45. The number of aliphatic imine (C=N–C) groups is 1. The van der Waals surface area contributed by atoms with Crippen LogP contribution in [0.3, 0.4) is 0 Å². The van der Waals surface area contributed by atoms with E-state index in [-0.39, 0.29) is 12.1 Å². The second-order valence-corrected chi connectivity index (χ2v) is 4.51. The molecule has 1 atom stereocenters. The summed E-state index contributed by atoms with van der Waals surface area (Å²) in [5.41, 5.74) is 2.14. The second-order valence-electron chi connectivity index (χ2n) is 4.51. The van der Waals surface area contributed by atoms with Gasteiger partial charge in [0, 0.05) is 24.2 Å². The van der Waals surface area contributed by atoms with Gasteiger partial charge < -0.3 is 10.6 Å². The summed E-state index contributed by atoms with van der Waals surface area (Å²) in [6.07, 6.45) is 4.79. The van der Waals surface area contributed by atoms with Crippen LogP contribution < -0.4 is 10.6 Å². The third-order valence-corrected chi connectivity index (χ3v) is 3.01. The number of carbonyl (C=O) groups excluding carboxylic acids is 1. The number of carbonyl (C=O) groups is 1. The van der Waals surface area contributed by atoms with Gasteiger partial charge in [-0.3, -0.25) is 14.8 Å². The van der Waals surface area contributed by atoms with Gasteiger partial charge in [-0.2, -0.15) is 0 Å². The topological polar surface area (TPSA) is 66.4 Å². The highest BCUT2D eigenvalue weighted by atomic mass is 16.1. The molecule has 1 aromatic carbocycles. The number of aromatic nitrogens is 1. The first-order chi connectivity index (χ1) is 10.3. The molecule has 2 aromatic rings. The van der Waals surface area contributed by atoms with Crippen LogP contribution in [0.5, 0.6) is 0 Å². The third kappa shape index (κ3) is 3.14. The van der Waals surface area contributed by atoms with Gasteiger partial charge in [-0.05, 0) is 24.3 Å². The second kappa shape index (κ2) is 6.00. The van der Waals surface area contributed by atoms with Crippen molar-refractivity contribution in [1.82, 2.24) is 15.6 Å². The minimum absolute atomic E-state index is 0.144. The minimum atomic E-state index is -0.329. The molecule has 0 saturated heterocycles. The van der Waals surface area contributed by atoms with Crippen molar-refractivity contribution in [3.63, 3.8) is 0 Å². The zero-order chi connectivity index (χ0) is 14.5. The molecule has 5 heteroatoms. The van der Waals surface area contributed by atoms with Crippen molar-refractivity contribution in [3.05, 3.63) is 72.2 Å². The van der Waals surface area contributed by atoms with E-state index in [4.69, 9.17) is 0 Å². The van der Waals surface area contributed by atoms with Crippen LogP contribution >= 0.6 is 0 Å². The van der Waals surface area contributed by atoms with Gasteiger partial charge in [0.05, 0.1) is 5.69 Å². The van der Waals surface area contributed by atoms with Crippen molar-refractivity contribution in [2.45, 2.75) is 6.17 Å². The number of amides is 1. The molecule has 1 amide bonds. The fourth-order valence-electron chi connectivity index (χ4n) is 1.95. The van der Waals surface area contributed by atoms with Crippen LogP contribution in [0.15, 0.2) is 65.9 Å². The van der Waals surface area contributed by atoms with Crippen LogP contribution in [-0.4, -0.2) is 23.3 Å². The Morgan fingerprint density at radius 3 is 2.57 bits per heavy atom. The fraction of sp³-hybridized carbons (Fsp3) is 0.0625. The number of pyridine rings is 1. The van der Waals surface area contributed by atoms with Gasteiger partial charge in [0.25, 0.3) is 5.91 Å². The smallest absolute Gasteiger partial charge is 0.253 e. The van der Waals surface area contributed by atoms with Gasteiger partial charge >= 0.3 is 0 Å². The molecule has 1 aromatic heterocycles. The van der Waals surface area contributed by atoms with Crippen LogP contribution in [0, 0.1) is 0 Å². The first-order valence-electron chi connectivity index (χ1n) is 6.61. The van der Waals surface area contributed by atoms with E-state index < -0.39 is 0 Å². The molecule has 0 saturated carbocycles. The van der Waals surface area contributed by atoms with Crippen LogP contribution in [0.1, 0.15) is 16.1 Å². The average molecular weight is 278 g/mol. The van der Waals surface area contributed by atoms with E-state index in [0.29, 0.717) is 5.56 Å². The van der Waals surface area contributed by atoms with E-state index in [9.17, 15) is 4.79 Å². The molecule has 0 fully saturated rings. The molecule has 2 N–H and O–H groups in total. The molecule has 104 valence electrons. The fourth-order valence-corrected chi connectivity index (χ4v) is 1.95. The monoisotopic (exact) mass is 278 g/mol. The van der Waals surface area contributed by atoms with Gasteiger partial charge in [-0.15, -0.1) is 0 Å². The van der Waals surface area contributed by atoms with Crippen molar-refractivity contribution in [3.8, 4) is 0 Å². The van der Waals surface area contributed by atoms with Crippen LogP contribution in [0.25, 0.3) is 5.70 Å². The summed E-state index contributed by atoms with van der Waals surface area (Å²) in [5.74, 6) is -0.144. The molecule has 1 unspecified atom stereocenters. The number of hydrogen-bond donors (Lipinski definition) is 2. The Hall–Kier alpha value is -2.95. The Labute approximate surface area is 122 Å². The molecular formula is C16H14N4O. The van der Waals surface area contributed by atoms with Crippen molar-refractivity contribution in [2.75, 3.05) is 0 Å². The summed E-state index contributed by atoms with van der Waals surface area (Å²) in [5, 5.41) is 5.93. The highest BCUT2D eigenvalue weighted by molar-refractivity contribution is 5.96. The average Bonchev–Trinajstić information content (AvgIpc) is 2.57. The highest BCUT2D eigenvalue weighted by Crippen LogP contribution is 2.13. The van der Waals surface area contributed by atoms with Gasteiger partial charge in [-0.1, -0.05) is 24.3 Å². The standard InChI is InChI=1S/C16H14N4O/c21-16(12-6-2-1-3-7-12)20-15-11-18-14(10-19-15)13-8-4-5-9-17-13/h1-11,15,19H,(H,20,21). The first-order valence-corrected chi connectivity index (χ1v) is 6.61. The summed E-state index contributed by atoms with van der Waals surface area (Å²) < 4.78 is 0. The molecule has 2 heterocycles. The van der Waals surface area contributed by atoms with Crippen molar-refractivity contribution in [1.29, 1.82) is 0 Å². The highest BCUT2D eigenvalue weighted by Gasteiger charge is 2.14. The molecule has 0 spiro atoms. The SMILES string of the molecule is O=C(NC1C=NC(c2ccccn2)=CN1)c1ccccc1. The van der Waals surface area contributed by atoms with E-state index in [1.165, 1.54) is 0 Å². The lowest BCUT2D eigenvalue weighted by molar-refractivity contribution is 0.0944. The van der Waals surface area contributed by atoms with Crippen LogP contribution in [-0.2, 0) is 0 Å². The molecular weight excluding hydrogens is 264 g/mol. The molecule has 5 nitrogen and oxygen atoms in total. The number of benzene rings is 1. The van der Waals surface area contributed by atoms with E-state index in [0.717, 1.165) is 11.4 Å². The largest absolute Gasteiger partial charge is 0.365 e. The normalized spacial score (nSPS) is 16.8. The predicted molar refractivity (Wildman–Crippen MR) is 81.5 cm³/mol. The maximum Gasteiger partial charge on any atom is 0.253 e. The van der Waals surface area contributed by atoms with Gasteiger partial charge in [0.2, 0.25) is 0 Å². The quantitative estimate of drug-likeness (QED) is 0.900. The predicted octanol–water partition coefficient (Wildman–Crippen LogP) is 1.81. The van der Waals surface area contributed by atoms with Crippen molar-refractivity contribution < 1.29 is 4.79 Å². The van der Waals surface area contributed by atoms with Crippen molar-refractivity contribution >= 4 is 17.8 Å².